The predicted octanol–water partition coefficient (Wildman–Crippen LogP) is 2.89. The highest BCUT2D eigenvalue weighted by atomic mass is 28.3. The van der Waals surface area contributed by atoms with Crippen molar-refractivity contribution in [2.45, 2.75) is 52.0 Å². The summed E-state index contributed by atoms with van der Waals surface area (Å²) in [6, 6.07) is 0.0634. The van der Waals surface area contributed by atoms with Gasteiger partial charge in [-0.1, -0.05) is 33.5 Å². The number of carboxylic acids is 1. The van der Waals surface area contributed by atoms with E-state index >= 15 is 0 Å². The Labute approximate surface area is 116 Å². The fourth-order valence-electron chi connectivity index (χ4n) is 1.54. The van der Waals surface area contributed by atoms with Crippen molar-refractivity contribution in [1.82, 2.24) is 4.90 Å². The molecule has 19 heavy (non-hydrogen) atoms. The fraction of sp³-hybridized carbons (Fsp3) is 0.846. The Kier molecular flexibility index (Phi) is 7.11. The van der Waals surface area contributed by atoms with Crippen molar-refractivity contribution in [1.29, 1.82) is 0 Å². The van der Waals surface area contributed by atoms with Crippen molar-refractivity contribution in [2.24, 2.45) is 5.92 Å². The van der Waals surface area contributed by atoms with Crippen LogP contribution in [0.5, 0.6) is 0 Å². The Balaban J connectivity index is 4.39. The molecule has 5 nitrogen and oxygen atoms in total. The molecule has 0 aliphatic heterocycles. The second kappa shape index (κ2) is 7.52. The van der Waals surface area contributed by atoms with Crippen molar-refractivity contribution in [3.05, 3.63) is 0 Å². The number of likely N-dealkylation sites (N-methyl/N-ethyl adjacent to an activating group) is 1. The minimum Gasteiger partial charge on any atom is -0.480 e. The molecule has 0 aliphatic rings. The highest BCUT2D eigenvalue weighted by molar-refractivity contribution is 6.76. The molecule has 0 fully saturated rings. The zero-order valence-electron chi connectivity index (χ0n) is 12.9. The summed E-state index contributed by atoms with van der Waals surface area (Å²) >= 11 is 0. The van der Waals surface area contributed by atoms with Crippen molar-refractivity contribution in [3.63, 3.8) is 0 Å². The number of nitrogens with zero attached hydrogens (tertiary/aromatic N) is 1. The number of carbonyl (C=O) groups is 2. The van der Waals surface area contributed by atoms with Gasteiger partial charge in [0.25, 0.3) is 0 Å². The van der Waals surface area contributed by atoms with Gasteiger partial charge < -0.3 is 9.84 Å². The zero-order valence-corrected chi connectivity index (χ0v) is 13.9. The lowest BCUT2D eigenvalue weighted by molar-refractivity contribution is -0.142. The van der Waals surface area contributed by atoms with Crippen LogP contribution >= 0.6 is 0 Å². The molecule has 0 saturated carbocycles. The Morgan fingerprint density at radius 2 is 1.79 bits per heavy atom. The number of hydrogen-bond acceptors (Lipinski definition) is 3. The minimum atomic E-state index is -1.25. The quantitative estimate of drug-likeness (QED) is 0.732. The first kappa shape index (κ1) is 18.0. The van der Waals surface area contributed by atoms with Crippen LogP contribution in [-0.2, 0) is 9.53 Å². The van der Waals surface area contributed by atoms with E-state index in [4.69, 9.17) is 9.84 Å². The SMILES string of the molecule is CC(C)CC(C(=O)O)N(C)C(=O)OCC[Si](C)(C)C. The van der Waals surface area contributed by atoms with Crippen LogP contribution in [0.25, 0.3) is 0 Å². The number of hydrogen-bond donors (Lipinski definition) is 1. The van der Waals surface area contributed by atoms with Crippen LogP contribution < -0.4 is 0 Å². The van der Waals surface area contributed by atoms with Gasteiger partial charge in [0.1, 0.15) is 6.04 Å². The Morgan fingerprint density at radius 1 is 1.26 bits per heavy atom. The third kappa shape index (κ3) is 7.87. The number of amides is 1. The summed E-state index contributed by atoms with van der Waals surface area (Å²) < 4.78 is 5.15. The van der Waals surface area contributed by atoms with E-state index in [0.29, 0.717) is 13.0 Å². The lowest BCUT2D eigenvalue weighted by Gasteiger charge is -2.26. The van der Waals surface area contributed by atoms with Gasteiger partial charge in [-0.25, -0.2) is 9.59 Å². The second-order valence-corrected chi connectivity index (χ2v) is 12.1. The number of carbonyl (C=O) groups excluding carboxylic acids is 1. The molecule has 1 N–H and O–H groups in total. The Morgan fingerprint density at radius 3 is 2.16 bits per heavy atom. The van der Waals surface area contributed by atoms with Gasteiger partial charge >= 0.3 is 12.1 Å². The molecule has 0 radical (unpaired) electrons. The van der Waals surface area contributed by atoms with E-state index in [1.165, 1.54) is 11.9 Å². The summed E-state index contributed by atoms with van der Waals surface area (Å²) in [7, 11) is 0.238. The molecule has 112 valence electrons. The smallest absolute Gasteiger partial charge is 0.410 e. The molecule has 0 aromatic carbocycles. The van der Waals surface area contributed by atoms with Crippen molar-refractivity contribution >= 4 is 20.1 Å². The Bertz CT molecular complexity index is 312. The van der Waals surface area contributed by atoms with E-state index in [-0.39, 0.29) is 5.92 Å². The summed E-state index contributed by atoms with van der Waals surface area (Å²) in [6.45, 7) is 10.8. The number of rotatable bonds is 7. The first-order chi connectivity index (χ1) is 8.54. The molecule has 0 aromatic rings. The van der Waals surface area contributed by atoms with E-state index in [9.17, 15) is 9.59 Å². The van der Waals surface area contributed by atoms with Crippen molar-refractivity contribution in [3.8, 4) is 0 Å². The molecule has 1 unspecified atom stereocenters. The summed E-state index contributed by atoms with van der Waals surface area (Å²) in [5.41, 5.74) is 0. The Hall–Kier alpha value is -1.04. The van der Waals surface area contributed by atoms with Gasteiger partial charge in [0.2, 0.25) is 0 Å². The highest BCUT2D eigenvalue weighted by Gasteiger charge is 2.28. The van der Waals surface area contributed by atoms with Crippen LogP contribution in [0.1, 0.15) is 20.3 Å². The van der Waals surface area contributed by atoms with E-state index in [0.717, 1.165) is 6.04 Å². The maximum absolute atomic E-state index is 11.8. The first-order valence-electron chi connectivity index (χ1n) is 6.67. The monoisotopic (exact) mass is 289 g/mol. The van der Waals surface area contributed by atoms with Crippen LogP contribution in [0.3, 0.4) is 0 Å². The molecule has 0 rings (SSSR count). The van der Waals surface area contributed by atoms with Crippen molar-refractivity contribution in [2.75, 3.05) is 13.7 Å². The van der Waals surface area contributed by atoms with Gasteiger partial charge in [0, 0.05) is 15.1 Å². The van der Waals surface area contributed by atoms with Crippen LogP contribution in [-0.4, -0.2) is 49.8 Å². The van der Waals surface area contributed by atoms with Crippen LogP contribution in [0.4, 0.5) is 4.79 Å². The normalized spacial score (nSPS) is 13.2. The average molecular weight is 289 g/mol. The van der Waals surface area contributed by atoms with Crippen molar-refractivity contribution < 1.29 is 19.4 Å². The molecule has 6 heteroatoms. The molecule has 1 atom stereocenters. The summed E-state index contributed by atoms with van der Waals surface area (Å²) in [6.07, 6.45) is -0.124. The molecule has 0 heterocycles. The van der Waals surface area contributed by atoms with Crippen LogP contribution in [0, 0.1) is 5.92 Å². The van der Waals surface area contributed by atoms with Gasteiger partial charge in [-0.05, 0) is 18.4 Å². The van der Waals surface area contributed by atoms with E-state index in [1.807, 2.05) is 13.8 Å². The number of aliphatic carboxylic acids is 1. The van der Waals surface area contributed by atoms with E-state index < -0.39 is 26.2 Å². The van der Waals surface area contributed by atoms with E-state index in [1.54, 1.807) is 0 Å². The third-order valence-electron chi connectivity index (χ3n) is 2.81. The second-order valence-electron chi connectivity index (χ2n) is 6.52. The standard InChI is InChI=1S/C13H27NO4Si/c1-10(2)9-11(12(15)16)14(3)13(17)18-7-8-19(4,5)6/h10-11H,7-9H2,1-6H3,(H,15,16). The molecular weight excluding hydrogens is 262 g/mol. The average Bonchev–Trinajstić information content (AvgIpc) is 2.22. The molecule has 0 aliphatic carbocycles. The van der Waals surface area contributed by atoms with Gasteiger partial charge in [-0.3, -0.25) is 4.90 Å². The van der Waals surface area contributed by atoms with Crippen LogP contribution in [0.2, 0.25) is 25.7 Å². The molecule has 0 saturated heterocycles. The summed E-state index contributed by atoms with van der Waals surface area (Å²) in [4.78, 5) is 24.2. The van der Waals surface area contributed by atoms with Gasteiger partial charge in [-0.15, -0.1) is 0 Å². The van der Waals surface area contributed by atoms with Gasteiger partial charge in [0.05, 0.1) is 6.61 Å². The largest absolute Gasteiger partial charge is 0.480 e. The minimum absolute atomic E-state index is 0.207. The molecule has 0 aromatic heterocycles. The summed E-state index contributed by atoms with van der Waals surface area (Å²) in [5, 5.41) is 9.15. The lowest BCUT2D eigenvalue weighted by atomic mass is 10.0. The van der Waals surface area contributed by atoms with Gasteiger partial charge in [-0.2, -0.15) is 0 Å². The lowest BCUT2D eigenvalue weighted by Crippen LogP contribution is -2.43. The van der Waals surface area contributed by atoms with Crippen LogP contribution in [0.15, 0.2) is 0 Å². The topological polar surface area (TPSA) is 66.8 Å². The molecule has 1 amide bonds. The fourth-order valence-corrected chi connectivity index (χ4v) is 2.26. The molecule has 0 bridgehead atoms. The highest BCUT2D eigenvalue weighted by Crippen LogP contribution is 2.13. The zero-order chi connectivity index (χ0) is 15.2. The first-order valence-corrected chi connectivity index (χ1v) is 10.4. The third-order valence-corrected chi connectivity index (χ3v) is 4.52. The maximum atomic E-state index is 11.8. The number of carboxylic acid groups (broad SMARTS) is 1. The predicted molar refractivity (Wildman–Crippen MR) is 78.1 cm³/mol. The van der Waals surface area contributed by atoms with E-state index in [2.05, 4.69) is 19.6 Å². The molecular formula is C13H27NO4Si. The molecule has 0 spiro atoms. The van der Waals surface area contributed by atoms with Gasteiger partial charge in [0.15, 0.2) is 0 Å². The maximum Gasteiger partial charge on any atom is 0.410 e. The number of ether oxygens (including phenoxy) is 1. The summed E-state index contributed by atoms with van der Waals surface area (Å²) in [5.74, 6) is -0.781.